The molecule has 0 bridgehead atoms. The largest absolute Gasteiger partial charge is 0.395 e. The van der Waals surface area contributed by atoms with Gasteiger partial charge in [-0.1, -0.05) is 13.8 Å². The Bertz CT molecular complexity index is 51.3. The van der Waals surface area contributed by atoms with Crippen molar-refractivity contribution in [1.29, 1.82) is 0 Å². The molecule has 1 N–H and O–H groups in total. The lowest BCUT2D eigenvalue weighted by molar-refractivity contribution is 0.236. The van der Waals surface area contributed by atoms with E-state index in [4.69, 9.17) is 16.7 Å². The molecule has 0 aromatic rings. The summed E-state index contributed by atoms with van der Waals surface area (Å²) in [6.07, 6.45) is 1.67. The van der Waals surface area contributed by atoms with Crippen LogP contribution in [0, 0.1) is 0 Å². The van der Waals surface area contributed by atoms with E-state index in [1.165, 1.54) is 0 Å². The molecule has 1 nitrogen and oxygen atoms in total. The van der Waals surface area contributed by atoms with Gasteiger partial charge in [0.1, 0.15) is 0 Å². The number of alkyl halides is 1. The van der Waals surface area contributed by atoms with E-state index in [9.17, 15) is 0 Å². The van der Waals surface area contributed by atoms with Gasteiger partial charge in [-0.3, -0.25) is 0 Å². The minimum Gasteiger partial charge on any atom is -0.395 e. The molecule has 0 aromatic carbocycles. The lowest BCUT2D eigenvalue weighted by Crippen LogP contribution is -2.23. The Morgan fingerprint density at radius 1 is 1.38 bits per heavy atom. The smallest absolute Gasteiger partial charge is 0.0671 e. The maximum atomic E-state index is 8.65. The van der Waals surface area contributed by atoms with E-state index in [1.807, 2.05) is 13.8 Å². The summed E-state index contributed by atoms with van der Waals surface area (Å²) in [5.74, 6) is 0. The number of hydrogen-bond acceptors (Lipinski definition) is 1. The summed E-state index contributed by atoms with van der Waals surface area (Å²) < 4.78 is 0. The van der Waals surface area contributed by atoms with Crippen LogP contribution in [-0.2, 0) is 0 Å². The predicted octanol–water partition coefficient (Wildman–Crippen LogP) is 1.78. The molecule has 0 saturated heterocycles. The number of rotatable bonds is 3. The number of aliphatic hydroxyl groups excluding tert-OH is 1. The van der Waals surface area contributed by atoms with E-state index < -0.39 is 0 Å². The molecule has 50 valence electrons. The Morgan fingerprint density at radius 3 is 1.75 bits per heavy atom. The van der Waals surface area contributed by atoms with Crippen LogP contribution in [0.15, 0.2) is 0 Å². The number of hydrogen-bond donors (Lipinski definition) is 1. The first-order chi connectivity index (χ1) is 3.68. The quantitative estimate of drug-likeness (QED) is 0.587. The molecule has 0 heterocycles. The summed E-state index contributed by atoms with van der Waals surface area (Å²) >= 11 is 5.84. The topological polar surface area (TPSA) is 20.2 Å². The Kier molecular flexibility index (Phi) is 3.41. The Morgan fingerprint density at radius 2 is 1.75 bits per heavy atom. The van der Waals surface area contributed by atoms with Gasteiger partial charge in [-0.2, -0.15) is 0 Å². The molecule has 0 atom stereocenters. The van der Waals surface area contributed by atoms with Crippen molar-refractivity contribution >= 4 is 11.6 Å². The normalized spacial score (nSPS) is 12.0. The monoisotopic (exact) mass is 136 g/mol. The highest BCUT2D eigenvalue weighted by Crippen LogP contribution is 2.21. The molecule has 2 heteroatoms. The van der Waals surface area contributed by atoms with Crippen LogP contribution in [0.3, 0.4) is 0 Å². The minimum atomic E-state index is -0.347. The van der Waals surface area contributed by atoms with Gasteiger partial charge < -0.3 is 5.11 Å². The van der Waals surface area contributed by atoms with Gasteiger partial charge in [0.25, 0.3) is 0 Å². The molecule has 0 amide bonds. The van der Waals surface area contributed by atoms with Gasteiger partial charge >= 0.3 is 0 Å². The van der Waals surface area contributed by atoms with E-state index in [2.05, 4.69) is 0 Å². The maximum Gasteiger partial charge on any atom is 0.0671 e. The third-order valence-electron chi connectivity index (χ3n) is 1.55. The zero-order valence-corrected chi connectivity index (χ0v) is 6.20. The van der Waals surface area contributed by atoms with E-state index >= 15 is 0 Å². The zero-order chi connectivity index (χ0) is 6.62. The molecule has 0 rings (SSSR count). The zero-order valence-electron chi connectivity index (χ0n) is 5.45. The van der Waals surface area contributed by atoms with Gasteiger partial charge in [-0.05, 0) is 12.8 Å². The molecule has 0 saturated carbocycles. The summed E-state index contributed by atoms with van der Waals surface area (Å²) in [5, 5.41) is 8.65. The van der Waals surface area contributed by atoms with Gasteiger partial charge in [0.2, 0.25) is 0 Å². The van der Waals surface area contributed by atoms with Crippen molar-refractivity contribution < 1.29 is 5.11 Å². The van der Waals surface area contributed by atoms with Crippen molar-refractivity contribution in [1.82, 2.24) is 0 Å². The average Bonchev–Trinajstić information content (AvgIpc) is 1.87. The first-order valence-corrected chi connectivity index (χ1v) is 3.36. The third-order valence-corrected chi connectivity index (χ3v) is 2.20. The highest BCUT2D eigenvalue weighted by Gasteiger charge is 2.20. The SMILES string of the molecule is CCC(Cl)(CC)CO. The molecule has 0 aliphatic carbocycles. The summed E-state index contributed by atoms with van der Waals surface area (Å²) in [4.78, 5) is -0.347. The van der Waals surface area contributed by atoms with Crippen molar-refractivity contribution in [3.05, 3.63) is 0 Å². The van der Waals surface area contributed by atoms with Crippen LogP contribution >= 0.6 is 11.6 Å². The summed E-state index contributed by atoms with van der Waals surface area (Å²) in [5.41, 5.74) is 0. The lowest BCUT2D eigenvalue weighted by Gasteiger charge is -2.19. The molecule has 0 radical (unpaired) electrons. The molecule has 8 heavy (non-hydrogen) atoms. The molecular weight excluding hydrogens is 124 g/mol. The van der Waals surface area contributed by atoms with E-state index in [-0.39, 0.29) is 11.5 Å². The van der Waals surface area contributed by atoms with E-state index in [0.717, 1.165) is 12.8 Å². The lowest BCUT2D eigenvalue weighted by atomic mass is 10.0. The van der Waals surface area contributed by atoms with Crippen molar-refractivity contribution in [2.24, 2.45) is 0 Å². The third kappa shape index (κ3) is 2.01. The van der Waals surface area contributed by atoms with E-state index in [1.54, 1.807) is 0 Å². The van der Waals surface area contributed by atoms with Crippen LogP contribution in [0.5, 0.6) is 0 Å². The van der Waals surface area contributed by atoms with Crippen LogP contribution in [0.4, 0.5) is 0 Å². The van der Waals surface area contributed by atoms with E-state index in [0.29, 0.717) is 0 Å². The fourth-order valence-corrected chi connectivity index (χ4v) is 0.474. The summed E-state index contributed by atoms with van der Waals surface area (Å²) in [7, 11) is 0. The van der Waals surface area contributed by atoms with Crippen LogP contribution in [-0.4, -0.2) is 16.6 Å². The molecule has 0 aliphatic heterocycles. The molecule has 0 aliphatic rings. The second-order valence-electron chi connectivity index (χ2n) is 2.02. The van der Waals surface area contributed by atoms with Gasteiger partial charge in [0.05, 0.1) is 11.5 Å². The fraction of sp³-hybridized carbons (Fsp3) is 1.00. The second-order valence-corrected chi connectivity index (χ2v) is 2.82. The highest BCUT2D eigenvalue weighted by molar-refractivity contribution is 6.24. The molecule has 0 aromatic heterocycles. The molecule has 0 unspecified atom stereocenters. The van der Waals surface area contributed by atoms with Crippen molar-refractivity contribution in [2.75, 3.05) is 6.61 Å². The van der Waals surface area contributed by atoms with Gasteiger partial charge in [0.15, 0.2) is 0 Å². The Balaban J connectivity index is 3.58. The maximum absolute atomic E-state index is 8.65. The van der Waals surface area contributed by atoms with Crippen LogP contribution in [0.2, 0.25) is 0 Å². The summed E-state index contributed by atoms with van der Waals surface area (Å²) in [6.45, 7) is 4.04. The number of halogens is 1. The predicted molar refractivity (Wildman–Crippen MR) is 36.3 cm³/mol. The first-order valence-electron chi connectivity index (χ1n) is 2.98. The highest BCUT2D eigenvalue weighted by atomic mass is 35.5. The molecule has 0 spiro atoms. The number of aliphatic hydroxyl groups is 1. The molecular formula is C6H13ClO. The first kappa shape index (κ1) is 8.25. The van der Waals surface area contributed by atoms with Crippen LogP contribution in [0.1, 0.15) is 26.7 Å². The van der Waals surface area contributed by atoms with Crippen molar-refractivity contribution in [3.63, 3.8) is 0 Å². The fourth-order valence-electron chi connectivity index (χ4n) is 0.474. The van der Waals surface area contributed by atoms with Gasteiger partial charge in [-0.15, -0.1) is 11.6 Å². The van der Waals surface area contributed by atoms with Gasteiger partial charge in [-0.25, -0.2) is 0 Å². The van der Waals surface area contributed by atoms with Crippen molar-refractivity contribution in [3.8, 4) is 0 Å². The standard InChI is InChI=1S/C6H13ClO/c1-3-6(7,4-2)5-8/h8H,3-5H2,1-2H3. The second kappa shape index (κ2) is 3.31. The summed E-state index contributed by atoms with van der Waals surface area (Å²) in [6, 6.07) is 0. The van der Waals surface area contributed by atoms with Crippen LogP contribution in [0.25, 0.3) is 0 Å². The van der Waals surface area contributed by atoms with Gasteiger partial charge in [0, 0.05) is 0 Å². The Labute approximate surface area is 55.7 Å². The van der Waals surface area contributed by atoms with Crippen LogP contribution < -0.4 is 0 Å². The van der Waals surface area contributed by atoms with Crippen molar-refractivity contribution in [2.45, 2.75) is 31.6 Å². The average molecular weight is 137 g/mol. The Hall–Kier alpha value is 0.250. The minimum absolute atomic E-state index is 0.0849. The molecule has 0 fully saturated rings.